The summed E-state index contributed by atoms with van der Waals surface area (Å²) in [6.45, 7) is 1.66. The number of esters is 2. The van der Waals surface area contributed by atoms with Gasteiger partial charge in [0.25, 0.3) is 5.91 Å². The summed E-state index contributed by atoms with van der Waals surface area (Å²) < 4.78 is 10.3. The van der Waals surface area contributed by atoms with Gasteiger partial charge in [-0.05, 0) is 25.7 Å². The zero-order valence-electron chi connectivity index (χ0n) is 14.3. The lowest BCUT2D eigenvalue weighted by Crippen LogP contribution is -2.20. The second kappa shape index (κ2) is 8.66. The van der Waals surface area contributed by atoms with E-state index in [0.29, 0.717) is 0 Å². The second-order valence-electron chi connectivity index (χ2n) is 5.58. The van der Waals surface area contributed by atoms with Crippen molar-refractivity contribution in [1.82, 2.24) is 5.32 Å². The SMILES string of the molecule is CCOC(=O)c1c(N)sc(C(=O)NC)c1COC(=O)C[C@H]1C=CCC1. The van der Waals surface area contributed by atoms with E-state index in [0.717, 1.165) is 24.2 Å². The summed E-state index contributed by atoms with van der Waals surface area (Å²) in [6.07, 6.45) is 6.22. The third-order valence-corrected chi connectivity index (χ3v) is 4.93. The number of carbonyl (C=O) groups excluding carboxylic acids is 3. The van der Waals surface area contributed by atoms with E-state index >= 15 is 0 Å². The van der Waals surface area contributed by atoms with Crippen LogP contribution >= 0.6 is 11.3 Å². The first-order valence-electron chi connectivity index (χ1n) is 8.10. The summed E-state index contributed by atoms with van der Waals surface area (Å²) >= 11 is 0.975. The first-order chi connectivity index (χ1) is 12.0. The van der Waals surface area contributed by atoms with E-state index in [1.54, 1.807) is 6.92 Å². The van der Waals surface area contributed by atoms with Gasteiger partial charge in [-0.25, -0.2) is 4.79 Å². The van der Waals surface area contributed by atoms with Gasteiger partial charge in [0.1, 0.15) is 22.0 Å². The highest BCUT2D eigenvalue weighted by molar-refractivity contribution is 7.18. The molecule has 3 N–H and O–H groups in total. The maximum atomic E-state index is 12.2. The lowest BCUT2D eigenvalue weighted by atomic mass is 10.1. The molecule has 0 spiro atoms. The van der Waals surface area contributed by atoms with E-state index < -0.39 is 11.9 Å². The van der Waals surface area contributed by atoms with E-state index in [2.05, 4.69) is 5.32 Å². The molecule has 1 aromatic heterocycles. The number of nitrogens with one attached hydrogen (secondary N) is 1. The van der Waals surface area contributed by atoms with Crippen LogP contribution in [-0.4, -0.2) is 31.5 Å². The standard InChI is InChI=1S/C17H22N2O5S/c1-3-23-17(22)13-11(14(16(21)19-2)25-15(13)18)9-24-12(20)8-10-6-4-5-7-10/h4,6,10H,3,5,7-9,18H2,1-2H3,(H,19,21)/t10-/m0/s1. The summed E-state index contributed by atoms with van der Waals surface area (Å²) in [7, 11) is 1.48. The number of amides is 1. The lowest BCUT2D eigenvalue weighted by molar-refractivity contribution is -0.145. The summed E-state index contributed by atoms with van der Waals surface area (Å²) in [5.41, 5.74) is 6.28. The molecule has 2 rings (SSSR count). The van der Waals surface area contributed by atoms with E-state index in [4.69, 9.17) is 15.2 Å². The minimum absolute atomic E-state index is 0.0963. The van der Waals surface area contributed by atoms with Crippen LogP contribution in [0.1, 0.15) is 51.8 Å². The third kappa shape index (κ3) is 4.60. The first kappa shape index (κ1) is 19.0. The number of rotatable bonds is 7. The molecule has 0 unspecified atom stereocenters. The number of carbonyl (C=O) groups is 3. The van der Waals surface area contributed by atoms with Gasteiger partial charge >= 0.3 is 11.9 Å². The number of ether oxygens (including phenoxy) is 2. The molecule has 1 heterocycles. The van der Waals surface area contributed by atoms with Crippen molar-refractivity contribution >= 4 is 34.2 Å². The molecule has 0 saturated carbocycles. The molecule has 1 atom stereocenters. The summed E-state index contributed by atoms with van der Waals surface area (Å²) in [6, 6.07) is 0. The zero-order valence-corrected chi connectivity index (χ0v) is 15.1. The van der Waals surface area contributed by atoms with Gasteiger partial charge in [0.2, 0.25) is 0 Å². The molecule has 1 amide bonds. The predicted molar refractivity (Wildman–Crippen MR) is 94.4 cm³/mol. The Bertz CT molecular complexity index is 695. The van der Waals surface area contributed by atoms with E-state index in [1.165, 1.54) is 7.05 Å². The number of nitrogen functional groups attached to an aromatic ring is 1. The molecular formula is C17H22N2O5S. The summed E-state index contributed by atoms with van der Waals surface area (Å²) in [5, 5.41) is 2.66. The van der Waals surface area contributed by atoms with Crippen molar-refractivity contribution in [2.45, 2.75) is 32.8 Å². The number of anilines is 1. The molecule has 0 aromatic carbocycles. The minimum Gasteiger partial charge on any atom is -0.462 e. The molecule has 136 valence electrons. The van der Waals surface area contributed by atoms with Gasteiger partial charge in [0.05, 0.1) is 13.0 Å². The highest BCUT2D eigenvalue weighted by atomic mass is 32.1. The van der Waals surface area contributed by atoms with Crippen molar-refractivity contribution in [1.29, 1.82) is 0 Å². The van der Waals surface area contributed by atoms with E-state index in [-0.39, 0.29) is 52.5 Å². The maximum Gasteiger partial charge on any atom is 0.341 e. The number of thiophene rings is 1. The highest BCUT2D eigenvalue weighted by Gasteiger charge is 2.27. The van der Waals surface area contributed by atoms with Crippen molar-refractivity contribution in [3.63, 3.8) is 0 Å². The third-order valence-electron chi connectivity index (χ3n) is 3.87. The molecule has 25 heavy (non-hydrogen) atoms. The largest absolute Gasteiger partial charge is 0.462 e. The monoisotopic (exact) mass is 366 g/mol. The van der Waals surface area contributed by atoms with Gasteiger partial charge in [-0.1, -0.05) is 12.2 Å². The smallest absolute Gasteiger partial charge is 0.341 e. The van der Waals surface area contributed by atoms with Crippen LogP contribution in [0.5, 0.6) is 0 Å². The number of hydrogen-bond donors (Lipinski definition) is 2. The lowest BCUT2D eigenvalue weighted by Gasteiger charge is -2.10. The quantitative estimate of drug-likeness (QED) is 0.566. The zero-order chi connectivity index (χ0) is 18.4. The van der Waals surface area contributed by atoms with Crippen molar-refractivity contribution in [3.8, 4) is 0 Å². The van der Waals surface area contributed by atoms with Crippen molar-refractivity contribution in [2.75, 3.05) is 19.4 Å². The van der Waals surface area contributed by atoms with Crippen LogP contribution in [0.25, 0.3) is 0 Å². The van der Waals surface area contributed by atoms with Crippen molar-refractivity contribution in [2.24, 2.45) is 5.92 Å². The van der Waals surface area contributed by atoms with E-state index in [1.807, 2.05) is 12.2 Å². The Balaban J connectivity index is 2.17. The van der Waals surface area contributed by atoms with Crippen LogP contribution in [0.4, 0.5) is 5.00 Å². The predicted octanol–water partition coefficient (Wildman–Crippen LogP) is 2.27. The molecule has 0 saturated heterocycles. The summed E-state index contributed by atoms with van der Waals surface area (Å²) in [4.78, 5) is 36.5. The minimum atomic E-state index is -0.629. The van der Waals surface area contributed by atoms with Crippen LogP contribution in [0.2, 0.25) is 0 Å². The van der Waals surface area contributed by atoms with Crippen LogP contribution in [0.15, 0.2) is 12.2 Å². The van der Waals surface area contributed by atoms with Crippen LogP contribution < -0.4 is 11.1 Å². The Morgan fingerprint density at radius 3 is 2.72 bits per heavy atom. The fourth-order valence-corrected chi connectivity index (χ4v) is 3.64. The topological polar surface area (TPSA) is 108 Å². The molecule has 1 aromatic rings. The molecule has 0 aliphatic heterocycles. The van der Waals surface area contributed by atoms with Crippen LogP contribution in [0.3, 0.4) is 0 Å². The Kier molecular flexibility index (Phi) is 6.58. The van der Waals surface area contributed by atoms with Gasteiger partial charge in [0, 0.05) is 12.6 Å². The molecule has 1 aliphatic carbocycles. The van der Waals surface area contributed by atoms with Gasteiger partial charge in [-0.15, -0.1) is 11.3 Å². The first-order valence-corrected chi connectivity index (χ1v) is 8.92. The molecule has 1 aliphatic rings. The van der Waals surface area contributed by atoms with Crippen molar-refractivity contribution in [3.05, 3.63) is 28.2 Å². The Hall–Kier alpha value is -2.35. The number of nitrogens with two attached hydrogens (primary N) is 1. The number of hydrogen-bond acceptors (Lipinski definition) is 7. The normalized spacial score (nSPS) is 15.8. The molecule has 7 nitrogen and oxygen atoms in total. The van der Waals surface area contributed by atoms with Gasteiger partial charge < -0.3 is 20.5 Å². The fourth-order valence-electron chi connectivity index (χ4n) is 2.64. The summed E-state index contributed by atoms with van der Waals surface area (Å²) in [5.74, 6) is -1.21. The van der Waals surface area contributed by atoms with Crippen molar-refractivity contribution < 1.29 is 23.9 Å². The molecular weight excluding hydrogens is 344 g/mol. The van der Waals surface area contributed by atoms with Gasteiger partial charge in [-0.3, -0.25) is 9.59 Å². The number of allylic oxidation sites excluding steroid dienone is 2. The molecule has 0 radical (unpaired) electrons. The molecule has 0 fully saturated rings. The fraction of sp³-hybridized carbons (Fsp3) is 0.471. The molecule has 8 heteroatoms. The average molecular weight is 366 g/mol. The Labute approximate surface area is 150 Å². The van der Waals surface area contributed by atoms with Crippen LogP contribution in [-0.2, 0) is 20.9 Å². The molecule has 0 bridgehead atoms. The average Bonchev–Trinajstić information content (AvgIpc) is 3.19. The highest BCUT2D eigenvalue weighted by Crippen LogP contribution is 2.33. The maximum absolute atomic E-state index is 12.2. The van der Waals surface area contributed by atoms with E-state index in [9.17, 15) is 14.4 Å². The Morgan fingerprint density at radius 2 is 2.12 bits per heavy atom. The second-order valence-corrected chi connectivity index (χ2v) is 6.63. The van der Waals surface area contributed by atoms with Gasteiger partial charge in [-0.2, -0.15) is 0 Å². The Morgan fingerprint density at radius 1 is 1.36 bits per heavy atom. The van der Waals surface area contributed by atoms with Crippen LogP contribution in [0, 0.1) is 5.92 Å². The van der Waals surface area contributed by atoms with Gasteiger partial charge in [0.15, 0.2) is 0 Å².